The zero-order valence-electron chi connectivity index (χ0n) is 12.6. The van der Waals surface area contributed by atoms with E-state index < -0.39 is 0 Å². The average molecular weight is 292 g/mol. The molecule has 20 heavy (non-hydrogen) atoms. The van der Waals surface area contributed by atoms with Crippen molar-refractivity contribution in [3.05, 3.63) is 16.8 Å². The number of thiocarbonyl (C=S) groups is 1. The second-order valence-electron chi connectivity index (χ2n) is 5.91. The Morgan fingerprint density at radius 3 is 2.50 bits per heavy atom. The lowest BCUT2D eigenvalue weighted by molar-refractivity contribution is 0.306. The Morgan fingerprint density at radius 1 is 1.30 bits per heavy atom. The predicted octanol–water partition coefficient (Wildman–Crippen LogP) is 3.11. The zero-order chi connectivity index (χ0) is 14.8. The summed E-state index contributed by atoms with van der Waals surface area (Å²) in [5.74, 6) is 0.736. The molecular formula is C15H24N4S. The summed E-state index contributed by atoms with van der Waals surface area (Å²) in [7, 11) is 0. The van der Waals surface area contributed by atoms with Gasteiger partial charge in [-0.2, -0.15) is 5.10 Å². The number of nitrogens with two attached hydrogens (primary N) is 1. The number of aromatic nitrogens is 2. The topological polar surface area (TPSA) is 63.8 Å². The maximum absolute atomic E-state index is 5.86. The minimum absolute atomic E-state index is 0.389. The molecule has 0 bridgehead atoms. The summed E-state index contributed by atoms with van der Waals surface area (Å²) >= 11 is 5.17. The van der Waals surface area contributed by atoms with Crippen LogP contribution in [0.15, 0.2) is 0 Å². The lowest BCUT2D eigenvalue weighted by Gasteiger charge is -2.28. The van der Waals surface area contributed by atoms with Crippen molar-refractivity contribution in [2.45, 2.75) is 52.9 Å². The lowest BCUT2D eigenvalue weighted by Crippen LogP contribution is -2.28. The number of nitrogens with one attached hydrogen (secondary N) is 1. The third-order valence-electron chi connectivity index (χ3n) is 4.75. The van der Waals surface area contributed by atoms with Crippen LogP contribution >= 0.6 is 12.2 Å². The van der Waals surface area contributed by atoms with Gasteiger partial charge in [0.15, 0.2) is 5.82 Å². The van der Waals surface area contributed by atoms with E-state index in [-0.39, 0.29) is 0 Å². The second kappa shape index (κ2) is 6.04. The largest absolute Gasteiger partial charge is 0.389 e. The van der Waals surface area contributed by atoms with E-state index in [1.807, 2.05) is 13.8 Å². The highest BCUT2D eigenvalue weighted by Gasteiger charge is 2.32. The summed E-state index contributed by atoms with van der Waals surface area (Å²) in [5.41, 5.74) is 9.00. The third kappa shape index (κ3) is 2.92. The molecule has 1 aliphatic rings. The first-order chi connectivity index (χ1) is 9.49. The minimum Gasteiger partial charge on any atom is -0.389 e. The van der Waals surface area contributed by atoms with Crippen molar-refractivity contribution in [2.75, 3.05) is 11.9 Å². The highest BCUT2D eigenvalue weighted by Crippen LogP contribution is 2.41. The van der Waals surface area contributed by atoms with E-state index in [2.05, 4.69) is 22.4 Å². The molecule has 1 aromatic heterocycles. The summed E-state index contributed by atoms with van der Waals surface area (Å²) in [6.45, 7) is 7.12. The number of hydrogen-bond acceptors (Lipinski definition) is 4. The molecule has 0 atom stereocenters. The van der Waals surface area contributed by atoms with E-state index in [4.69, 9.17) is 18.0 Å². The lowest BCUT2D eigenvalue weighted by atomic mass is 9.83. The zero-order valence-corrected chi connectivity index (χ0v) is 13.4. The molecule has 0 spiro atoms. The Morgan fingerprint density at radius 2 is 1.95 bits per heavy atom. The maximum atomic E-state index is 5.86. The van der Waals surface area contributed by atoms with Gasteiger partial charge in [0, 0.05) is 6.54 Å². The SMILES string of the molecule is CCC1(CNc2nnc(C)c(C)c2C(N)=S)CCCC1. The van der Waals surface area contributed by atoms with Gasteiger partial charge < -0.3 is 11.1 Å². The number of hydrogen-bond donors (Lipinski definition) is 2. The van der Waals surface area contributed by atoms with Crippen molar-refractivity contribution in [3.63, 3.8) is 0 Å². The number of anilines is 1. The van der Waals surface area contributed by atoms with Crippen molar-refractivity contribution in [1.82, 2.24) is 10.2 Å². The number of aryl methyl sites for hydroxylation is 1. The van der Waals surface area contributed by atoms with E-state index in [1.165, 1.54) is 32.1 Å². The molecule has 1 heterocycles. The molecule has 0 aliphatic heterocycles. The Balaban J connectivity index is 2.21. The Hall–Kier alpha value is -1.23. The molecule has 5 heteroatoms. The van der Waals surface area contributed by atoms with Gasteiger partial charge in [-0.3, -0.25) is 0 Å². The fourth-order valence-electron chi connectivity index (χ4n) is 3.09. The average Bonchev–Trinajstić information content (AvgIpc) is 2.89. The molecule has 0 radical (unpaired) electrons. The predicted molar refractivity (Wildman–Crippen MR) is 87.1 cm³/mol. The van der Waals surface area contributed by atoms with Crippen molar-refractivity contribution in [3.8, 4) is 0 Å². The van der Waals surface area contributed by atoms with Gasteiger partial charge in [-0.05, 0) is 44.1 Å². The van der Waals surface area contributed by atoms with Crippen LogP contribution in [0.4, 0.5) is 5.82 Å². The highest BCUT2D eigenvalue weighted by atomic mass is 32.1. The van der Waals surface area contributed by atoms with Crippen LogP contribution in [-0.4, -0.2) is 21.7 Å². The summed E-state index contributed by atoms with van der Waals surface area (Å²) in [5, 5.41) is 11.9. The van der Waals surface area contributed by atoms with E-state index >= 15 is 0 Å². The van der Waals surface area contributed by atoms with Gasteiger partial charge in [-0.25, -0.2) is 0 Å². The van der Waals surface area contributed by atoms with Gasteiger partial charge in [0.2, 0.25) is 0 Å². The Bertz CT molecular complexity index is 507. The van der Waals surface area contributed by atoms with Crippen molar-refractivity contribution in [1.29, 1.82) is 0 Å². The molecule has 1 saturated carbocycles. The molecule has 0 saturated heterocycles. The fraction of sp³-hybridized carbons (Fsp3) is 0.667. The second-order valence-corrected chi connectivity index (χ2v) is 6.35. The van der Waals surface area contributed by atoms with Crippen LogP contribution in [0.1, 0.15) is 55.8 Å². The van der Waals surface area contributed by atoms with Crippen molar-refractivity contribution < 1.29 is 0 Å². The van der Waals surface area contributed by atoms with Gasteiger partial charge in [-0.1, -0.05) is 32.0 Å². The molecule has 1 fully saturated rings. The van der Waals surface area contributed by atoms with E-state index in [9.17, 15) is 0 Å². The molecular weight excluding hydrogens is 268 g/mol. The van der Waals surface area contributed by atoms with Gasteiger partial charge >= 0.3 is 0 Å². The van der Waals surface area contributed by atoms with Crippen LogP contribution in [0, 0.1) is 19.3 Å². The third-order valence-corrected chi connectivity index (χ3v) is 4.95. The summed E-state index contributed by atoms with van der Waals surface area (Å²) in [6.07, 6.45) is 6.43. The van der Waals surface area contributed by atoms with E-state index in [0.717, 1.165) is 29.2 Å². The first-order valence-electron chi connectivity index (χ1n) is 7.36. The molecule has 1 aliphatic carbocycles. The first kappa shape index (κ1) is 15.2. The summed E-state index contributed by atoms with van der Waals surface area (Å²) < 4.78 is 0. The minimum atomic E-state index is 0.389. The molecule has 3 N–H and O–H groups in total. The maximum Gasteiger partial charge on any atom is 0.159 e. The van der Waals surface area contributed by atoms with Crippen LogP contribution in [0.5, 0.6) is 0 Å². The van der Waals surface area contributed by atoms with Crippen LogP contribution in [0.3, 0.4) is 0 Å². The normalized spacial score (nSPS) is 17.1. The first-order valence-corrected chi connectivity index (χ1v) is 7.77. The van der Waals surface area contributed by atoms with Gasteiger partial charge in [0.05, 0.1) is 11.3 Å². The quantitative estimate of drug-likeness (QED) is 0.816. The smallest absolute Gasteiger partial charge is 0.159 e. The van der Waals surface area contributed by atoms with E-state index in [1.54, 1.807) is 0 Å². The molecule has 0 amide bonds. The Kier molecular flexibility index (Phi) is 4.58. The number of rotatable bonds is 5. The molecule has 0 unspecified atom stereocenters. The standard InChI is InChI=1S/C15H24N4S/c1-4-15(7-5-6-8-15)9-17-14-12(13(16)20)10(2)11(3)18-19-14/h4-9H2,1-3H3,(H2,16,20)(H,17,19). The highest BCUT2D eigenvalue weighted by molar-refractivity contribution is 7.80. The fourth-order valence-corrected chi connectivity index (χ4v) is 3.34. The van der Waals surface area contributed by atoms with Crippen molar-refractivity contribution >= 4 is 23.0 Å². The van der Waals surface area contributed by atoms with Crippen LogP contribution in [0.25, 0.3) is 0 Å². The van der Waals surface area contributed by atoms with Crippen LogP contribution < -0.4 is 11.1 Å². The summed E-state index contributed by atoms with van der Waals surface area (Å²) in [6, 6.07) is 0. The molecule has 110 valence electrons. The molecule has 0 aromatic carbocycles. The monoisotopic (exact) mass is 292 g/mol. The van der Waals surface area contributed by atoms with Crippen LogP contribution in [-0.2, 0) is 0 Å². The van der Waals surface area contributed by atoms with E-state index in [0.29, 0.717) is 10.4 Å². The van der Waals surface area contributed by atoms with Crippen LogP contribution in [0.2, 0.25) is 0 Å². The molecule has 4 nitrogen and oxygen atoms in total. The molecule has 2 rings (SSSR count). The summed E-state index contributed by atoms with van der Waals surface area (Å²) in [4.78, 5) is 0.389. The van der Waals surface area contributed by atoms with Gasteiger partial charge in [0.1, 0.15) is 4.99 Å². The van der Waals surface area contributed by atoms with Gasteiger partial charge in [0.25, 0.3) is 0 Å². The van der Waals surface area contributed by atoms with Gasteiger partial charge in [-0.15, -0.1) is 5.10 Å². The Labute approximate surface area is 126 Å². The molecule has 1 aromatic rings. The van der Waals surface area contributed by atoms with Crippen molar-refractivity contribution in [2.24, 2.45) is 11.1 Å². The number of nitrogens with zero attached hydrogens (tertiary/aromatic N) is 2.